The third-order valence-electron chi connectivity index (χ3n) is 2.45. The molecule has 0 radical (unpaired) electrons. The SMILES string of the molecule is CS(=O)(=O)Nc1cccc(OC2CC2)c1CN. The lowest BCUT2D eigenvalue weighted by atomic mass is 10.1. The summed E-state index contributed by atoms with van der Waals surface area (Å²) in [5, 5.41) is 0. The largest absolute Gasteiger partial charge is 0.490 e. The van der Waals surface area contributed by atoms with Crippen molar-refractivity contribution in [2.24, 2.45) is 5.73 Å². The number of hydrogen-bond donors (Lipinski definition) is 2. The van der Waals surface area contributed by atoms with Gasteiger partial charge in [0, 0.05) is 12.1 Å². The Morgan fingerprint density at radius 3 is 2.71 bits per heavy atom. The van der Waals surface area contributed by atoms with Gasteiger partial charge in [0.2, 0.25) is 10.0 Å². The number of nitrogens with one attached hydrogen (secondary N) is 1. The van der Waals surface area contributed by atoms with E-state index >= 15 is 0 Å². The summed E-state index contributed by atoms with van der Waals surface area (Å²) in [6.45, 7) is 0.237. The van der Waals surface area contributed by atoms with Crippen molar-refractivity contribution in [3.05, 3.63) is 23.8 Å². The van der Waals surface area contributed by atoms with Gasteiger partial charge in [0.1, 0.15) is 5.75 Å². The highest BCUT2D eigenvalue weighted by Crippen LogP contribution is 2.32. The normalized spacial score (nSPS) is 15.6. The van der Waals surface area contributed by atoms with Crippen molar-refractivity contribution in [2.75, 3.05) is 11.0 Å². The van der Waals surface area contributed by atoms with Crippen LogP contribution in [-0.4, -0.2) is 20.8 Å². The van der Waals surface area contributed by atoms with Crippen LogP contribution in [0.2, 0.25) is 0 Å². The zero-order chi connectivity index (χ0) is 12.5. The lowest BCUT2D eigenvalue weighted by Gasteiger charge is -2.14. The average molecular weight is 256 g/mol. The highest BCUT2D eigenvalue weighted by atomic mass is 32.2. The first-order chi connectivity index (χ1) is 7.99. The fraction of sp³-hybridized carbons (Fsp3) is 0.455. The van der Waals surface area contributed by atoms with Crippen molar-refractivity contribution in [2.45, 2.75) is 25.5 Å². The molecule has 94 valence electrons. The lowest BCUT2D eigenvalue weighted by molar-refractivity contribution is 0.300. The van der Waals surface area contributed by atoms with Crippen LogP contribution < -0.4 is 15.2 Å². The summed E-state index contributed by atoms with van der Waals surface area (Å²) in [5.74, 6) is 0.670. The van der Waals surface area contributed by atoms with Crippen molar-refractivity contribution in [1.82, 2.24) is 0 Å². The summed E-state index contributed by atoms with van der Waals surface area (Å²) in [4.78, 5) is 0. The molecule has 0 spiro atoms. The molecule has 5 nitrogen and oxygen atoms in total. The predicted octanol–water partition coefficient (Wildman–Crippen LogP) is 1.06. The van der Waals surface area contributed by atoms with Gasteiger partial charge in [0.25, 0.3) is 0 Å². The first-order valence-corrected chi connectivity index (χ1v) is 7.35. The van der Waals surface area contributed by atoms with Crippen LogP contribution in [0.3, 0.4) is 0 Å². The van der Waals surface area contributed by atoms with E-state index in [4.69, 9.17) is 10.5 Å². The van der Waals surface area contributed by atoms with Crippen molar-refractivity contribution in [3.63, 3.8) is 0 Å². The molecule has 0 heterocycles. The van der Waals surface area contributed by atoms with Gasteiger partial charge in [-0.25, -0.2) is 8.42 Å². The van der Waals surface area contributed by atoms with Gasteiger partial charge in [0.15, 0.2) is 0 Å². The summed E-state index contributed by atoms with van der Waals surface area (Å²) in [6.07, 6.45) is 3.47. The Kier molecular flexibility index (Phi) is 3.26. The molecule has 0 aliphatic heterocycles. The van der Waals surface area contributed by atoms with Crippen LogP contribution in [0.25, 0.3) is 0 Å². The molecule has 0 saturated heterocycles. The van der Waals surface area contributed by atoms with Crippen LogP contribution in [0.1, 0.15) is 18.4 Å². The summed E-state index contributed by atoms with van der Waals surface area (Å²) in [5.41, 5.74) is 6.84. The maximum absolute atomic E-state index is 11.2. The minimum atomic E-state index is -3.30. The standard InChI is InChI=1S/C11H16N2O3S/c1-17(14,15)13-10-3-2-4-11(9(10)7-12)16-8-5-6-8/h2-4,8,13H,5-7,12H2,1H3. The number of sulfonamides is 1. The fourth-order valence-corrected chi connectivity index (χ4v) is 2.14. The van der Waals surface area contributed by atoms with Gasteiger partial charge in [-0.1, -0.05) is 6.07 Å². The Bertz CT molecular complexity index is 509. The third kappa shape index (κ3) is 3.34. The quantitative estimate of drug-likeness (QED) is 0.825. The van der Waals surface area contributed by atoms with Crippen LogP contribution in [0.4, 0.5) is 5.69 Å². The van der Waals surface area contributed by atoms with E-state index in [1.165, 1.54) is 0 Å². The van der Waals surface area contributed by atoms with E-state index in [-0.39, 0.29) is 12.6 Å². The topological polar surface area (TPSA) is 81.4 Å². The minimum Gasteiger partial charge on any atom is -0.490 e. The molecule has 0 unspecified atom stereocenters. The van der Waals surface area contributed by atoms with E-state index < -0.39 is 10.0 Å². The summed E-state index contributed by atoms with van der Waals surface area (Å²) in [7, 11) is -3.30. The molecule has 1 aromatic carbocycles. The van der Waals surface area contributed by atoms with Crippen LogP contribution in [0, 0.1) is 0 Å². The maximum atomic E-state index is 11.2. The molecular weight excluding hydrogens is 240 g/mol. The van der Waals surface area contributed by atoms with E-state index in [9.17, 15) is 8.42 Å². The predicted molar refractivity (Wildman–Crippen MR) is 66.4 cm³/mol. The Balaban J connectivity index is 2.30. The van der Waals surface area contributed by atoms with E-state index in [0.717, 1.165) is 19.1 Å². The van der Waals surface area contributed by atoms with Crippen LogP contribution in [-0.2, 0) is 16.6 Å². The van der Waals surface area contributed by atoms with Crippen molar-refractivity contribution in [3.8, 4) is 5.75 Å². The summed E-state index contributed by atoms with van der Waals surface area (Å²) >= 11 is 0. The highest BCUT2D eigenvalue weighted by Gasteiger charge is 2.25. The molecule has 0 aromatic heterocycles. The number of benzene rings is 1. The second-order valence-electron chi connectivity index (χ2n) is 4.18. The van der Waals surface area contributed by atoms with Gasteiger partial charge in [-0.15, -0.1) is 0 Å². The van der Waals surface area contributed by atoms with E-state index in [1.54, 1.807) is 12.1 Å². The van der Waals surface area contributed by atoms with Crippen molar-refractivity contribution in [1.29, 1.82) is 0 Å². The smallest absolute Gasteiger partial charge is 0.229 e. The van der Waals surface area contributed by atoms with Crippen LogP contribution >= 0.6 is 0 Å². The number of rotatable bonds is 5. The van der Waals surface area contributed by atoms with Gasteiger partial charge in [-0.2, -0.15) is 0 Å². The molecule has 3 N–H and O–H groups in total. The lowest BCUT2D eigenvalue weighted by Crippen LogP contribution is -2.14. The van der Waals surface area contributed by atoms with Crippen molar-refractivity contribution < 1.29 is 13.2 Å². The Labute approximate surface area is 101 Å². The number of nitrogens with two attached hydrogens (primary N) is 1. The molecule has 6 heteroatoms. The Morgan fingerprint density at radius 2 is 2.18 bits per heavy atom. The van der Waals surface area contributed by atoms with E-state index in [2.05, 4.69) is 4.72 Å². The molecule has 0 bridgehead atoms. The van der Waals surface area contributed by atoms with E-state index in [1.807, 2.05) is 6.07 Å². The second-order valence-corrected chi connectivity index (χ2v) is 5.93. The van der Waals surface area contributed by atoms with Gasteiger partial charge in [-0.3, -0.25) is 4.72 Å². The molecule has 0 atom stereocenters. The molecule has 1 aliphatic rings. The van der Waals surface area contributed by atoms with Gasteiger partial charge in [0.05, 0.1) is 18.0 Å². The highest BCUT2D eigenvalue weighted by molar-refractivity contribution is 7.92. The number of anilines is 1. The number of hydrogen-bond acceptors (Lipinski definition) is 4. The van der Waals surface area contributed by atoms with Crippen LogP contribution in [0.15, 0.2) is 18.2 Å². The maximum Gasteiger partial charge on any atom is 0.229 e. The van der Waals surface area contributed by atoms with Gasteiger partial charge in [-0.05, 0) is 25.0 Å². The zero-order valence-electron chi connectivity index (χ0n) is 9.64. The summed E-state index contributed by atoms with van der Waals surface area (Å²) in [6, 6.07) is 5.25. The molecule has 0 amide bonds. The zero-order valence-corrected chi connectivity index (χ0v) is 10.5. The minimum absolute atomic E-state index is 0.237. The fourth-order valence-electron chi connectivity index (χ4n) is 1.55. The van der Waals surface area contributed by atoms with E-state index in [0.29, 0.717) is 17.0 Å². The van der Waals surface area contributed by atoms with Crippen molar-refractivity contribution >= 4 is 15.7 Å². The first-order valence-electron chi connectivity index (χ1n) is 5.46. The van der Waals surface area contributed by atoms with Gasteiger partial charge >= 0.3 is 0 Å². The van der Waals surface area contributed by atoms with Crippen LogP contribution in [0.5, 0.6) is 5.75 Å². The molecule has 1 aliphatic carbocycles. The average Bonchev–Trinajstić information content (AvgIpc) is 2.99. The Hall–Kier alpha value is -1.27. The second kappa shape index (κ2) is 4.54. The monoisotopic (exact) mass is 256 g/mol. The molecule has 1 aromatic rings. The Morgan fingerprint density at radius 1 is 1.47 bits per heavy atom. The first kappa shape index (κ1) is 12.2. The number of ether oxygens (including phenoxy) is 1. The molecular formula is C11H16N2O3S. The molecule has 2 rings (SSSR count). The third-order valence-corrected chi connectivity index (χ3v) is 3.04. The molecule has 1 saturated carbocycles. The molecule has 1 fully saturated rings. The van der Waals surface area contributed by atoms with Gasteiger partial charge < -0.3 is 10.5 Å². The molecule has 17 heavy (non-hydrogen) atoms. The summed E-state index contributed by atoms with van der Waals surface area (Å²) < 4.78 is 30.6.